The predicted octanol–water partition coefficient (Wildman–Crippen LogP) is 3.13. The summed E-state index contributed by atoms with van der Waals surface area (Å²) in [6.45, 7) is 4.03. The van der Waals surface area contributed by atoms with Crippen molar-refractivity contribution in [2.45, 2.75) is 64.8 Å². The molecule has 0 aliphatic carbocycles. The maximum absolute atomic E-state index is 5.51. The normalized spacial score (nSPS) is 10.9. The topological polar surface area (TPSA) is 43.8 Å². The van der Waals surface area contributed by atoms with Crippen molar-refractivity contribution in [3.63, 3.8) is 0 Å². The van der Waals surface area contributed by atoms with Crippen molar-refractivity contribution < 1.29 is 0 Å². The van der Waals surface area contributed by atoms with Crippen LogP contribution < -0.4 is 5.73 Å². The van der Waals surface area contributed by atoms with Gasteiger partial charge in [-0.15, -0.1) is 0 Å². The Bertz CT molecular complexity index is 281. The summed E-state index contributed by atoms with van der Waals surface area (Å²) >= 11 is 0. The molecular weight excluding hydrogens is 210 g/mol. The Morgan fingerprint density at radius 1 is 1.12 bits per heavy atom. The van der Waals surface area contributed by atoms with Crippen molar-refractivity contribution in [2.75, 3.05) is 6.54 Å². The van der Waals surface area contributed by atoms with Crippen LogP contribution in [-0.2, 0) is 13.0 Å². The van der Waals surface area contributed by atoms with Gasteiger partial charge in [0, 0.05) is 12.7 Å². The second-order valence-electron chi connectivity index (χ2n) is 4.77. The van der Waals surface area contributed by atoms with Gasteiger partial charge in [0.2, 0.25) is 0 Å². The third-order valence-electron chi connectivity index (χ3n) is 3.11. The van der Waals surface area contributed by atoms with Crippen LogP contribution in [0.15, 0.2) is 12.4 Å². The van der Waals surface area contributed by atoms with Gasteiger partial charge in [-0.3, -0.25) is 4.68 Å². The smallest absolute Gasteiger partial charge is 0.0522 e. The summed E-state index contributed by atoms with van der Waals surface area (Å²) < 4.78 is 2.05. The number of nitrogens with two attached hydrogens (primary N) is 1. The Morgan fingerprint density at radius 3 is 2.53 bits per heavy atom. The van der Waals surface area contributed by atoms with E-state index in [1.807, 2.05) is 6.20 Å². The van der Waals surface area contributed by atoms with E-state index in [1.54, 1.807) is 0 Å². The molecule has 1 aromatic rings. The van der Waals surface area contributed by atoms with E-state index in [4.69, 9.17) is 5.73 Å². The minimum Gasteiger partial charge on any atom is -0.330 e. The van der Waals surface area contributed by atoms with Crippen LogP contribution in [0, 0.1) is 0 Å². The summed E-state index contributed by atoms with van der Waals surface area (Å²) in [7, 11) is 0. The average molecular weight is 237 g/mol. The fourth-order valence-corrected chi connectivity index (χ4v) is 2.06. The van der Waals surface area contributed by atoms with Gasteiger partial charge in [-0.25, -0.2) is 0 Å². The molecule has 0 spiro atoms. The molecule has 1 rings (SSSR count). The molecule has 0 aliphatic heterocycles. The van der Waals surface area contributed by atoms with Crippen molar-refractivity contribution in [2.24, 2.45) is 5.73 Å². The summed E-state index contributed by atoms with van der Waals surface area (Å²) in [6.07, 6.45) is 14.5. The van der Waals surface area contributed by atoms with E-state index in [1.165, 1.54) is 50.5 Å². The fourth-order valence-electron chi connectivity index (χ4n) is 2.06. The number of aromatic nitrogens is 2. The number of nitrogens with zero attached hydrogens (tertiary/aromatic N) is 2. The summed E-state index contributed by atoms with van der Waals surface area (Å²) in [4.78, 5) is 0. The Kier molecular flexibility index (Phi) is 7.72. The quantitative estimate of drug-likeness (QED) is 0.635. The SMILES string of the molecule is CCCCCCCCCn1cc(CCN)cn1. The molecule has 1 heterocycles. The van der Waals surface area contributed by atoms with E-state index in [0.717, 1.165) is 13.0 Å². The van der Waals surface area contributed by atoms with E-state index in [2.05, 4.69) is 22.9 Å². The fraction of sp³-hybridized carbons (Fsp3) is 0.786. The van der Waals surface area contributed by atoms with Gasteiger partial charge in [0.05, 0.1) is 6.20 Å². The molecule has 2 N–H and O–H groups in total. The van der Waals surface area contributed by atoms with Crippen LogP contribution in [0.5, 0.6) is 0 Å². The molecule has 0 saturated carbocycles. The highest BCUT2D eigenvalue weighted by molar-refractivity contribution is 5.03. The predicted molar refractivity (Wildman–Crippen MR) is 73.0 cm³/mol. The number of hydrogen-bond donors (Lipinski definition) is 1. The molecule has 3 nitrogen and oxygen atoms in total. The lowest BCUT2D eigenvalue weighted by Gasteiger charge is -2.02. The molecule has 0 aliphatic rings. The van der Waals surface area contributed by atoms with Crippen LogP contribution in [0.1, 0.15) is 57.4 Å². The molecular formula is C14H27N3. The van der Waals surface area contributed by atoms with Gasteiger partial charge in [-0.1, -0.05) is 45.4 Å². The molecule has 0 fully saturated rings. The first kappa shape index (κ1) is 14.2. The van der Waals surface area contributed by atoms with E-state index in [-0.39, 0.29) is 0 Å². The van der Waals surface area contributed by atoms with Crippen molar-refractivity contribution in [3.8, 4) is 0 Å². The number of hydrogen-bond acceptors (Lipinski definition) is 2. The Labute approximate surface area is 105 Å². The lowest BCUT2D eigenvalue weighted by molar-refractivity contribution is 0.523. The zero-order valence-electron chi connectivity index (χ0n) is 11.2. The molecule has 0 saturated heterocycles. The van der Waals surface area contributed by atoms with Gasteiger partial charge >= 0.3 is 0 Å². The third-order valence-corrected chi connectivity index (χ3v) is 3.11. The van der Waals surface area contributed by atoms with Gasteiger partial charge in [-0.05, 0) is 24.9 Å². The van der Waals surface area contributed by atoms with E-state index >= 15 is 0 Å². The first-order valence-corrected chi connectivity index (χ1v) is 7.08. The minimum atomic E-state index is 0.711. The highest BCUT2D eigenvalue weighted by Crippen LogP contribution is 2.08. The van der Waals surface area contributed by atoms with Gasteiger partial charge in [0.25, 0.3) is 0 Å². The van der Waals surface area contributed by atoms with Crippen LogP contribution in [0.2, 0.25) is 0 Å². The standard InChI is InChI=1S/C14H27N3/c1-2-3-4-5-6-7-8-11-17-13-14(9-10-15)12-16-17/h12-13H,2-11,15H2,1H3. The van der Waals surface area contributed by atoms with Crippen molar-refractivity contribution in [1.29, 1.82) is 0 Å². The summed E-state index contributed by atoms with van der Waals surface area (Å²) in [5.74, 6) is 0. The Morgan fingerprint density at radius 2 is 1.82 bits per heavy atom. The van der Waals surface area contributed by atoms with Crippen LogP contribution >= 0.6 is 0 Å². The lowest BCUT2D eigenvalue weighted by atomic mass is 10.1. The first-order valence-electron chi connectivity index (χ1n) is 7.08. The van der Waals surface area contributed by atoms with Crippen LogP contribution in [0.25, 0.3) is 0 Å². The van der Waals surface area contributed by atoms with Gasteiger partial charge < -0.3 is 5.73 Å². The molecule has 0 atom stereocenters. The van der Waals surface area contributed by atoms with E-state index in [0.29, 0.717) is 6.54 Å². The van der Waals surface area contributed by atoms with Gasteiger partial charge in [0.1, 0.15) is 0 Å². The highest BCUT2D eigenvalue weighted by Gasteiger charge is 1.97. The molecule has 0 aromatic carbocycles. The highest BCUT2D eigenvalue weighted by atomic mass is 15.3. The average Bonchev–Trinajstić information content (AvgIpc) is 2.76. The monoisotopic (exact) mass is 237 g/mol. The molecule has 98 valence electrons. The van der Waals surface area contributed by atoms with Crippen LogP contribution in [0.3, 0.4) is 0 Å². The zero-order chi connectivity index (χ0) is 12.3. The maximum Gasteiger partial charge on any atom is 0.0522 e. The molecule has 0 amide bonds. The van der Waals surface area contributed by atoms with E-state index in [9.17, 15) is 0 Å². The second kappa shape index (κ2) is 9.23. The number of unbranched alkanes of at least 4 members (excludes halogenated alkanes) is 6. The van der Waals surface area contributed by atoms with Crippen LogP contribution in [0.4, 0.5) is 0 Å². The first-order chi connectivity index (χ1) is 8.36. The number of aryl methyl sites for hydroxylation is 1. The molecule has 0 radical (unpaired) electrons. The minimum absolute atomic E-state index is 0.711. The third kappa shape index (κ3) is 6.47. The van der Waals surface area contributed by atoms with E-state index < -0.39 is 0 Å². The zero-order valence-corrected chi connectivity index (χ0v) is 11.2. The van der Waals surface area contributed by atoms with Gasteiger partial charge in [0.15, 0.2) is 0 Å². The molecule has 0 unspecified atom stereocenters. The maximum atomic E-state index is 5.51. The molecule has 17 heavy (non-hydrogen) atoms. The van der Waals surface area contributed by atoms with Crippen LogP contribution in [-0.4, -0.2) is 16.3 Å². The van der Waals surface area contributed by atoms with Crippen molar-refractivity contribution in [1.82, 2.24) is 9.78 Å². The van der Waals surface area contributed by atoms with Crippen molar-refractivity contribution >= 4 is 0 Å². The summed E-state index contributed by atoms with van der Waals surface area (Å²) in [6, 6.07) is 0. The largest absolute Gasteiger partial charge is 0.330 e. The summed E-state index contributed by atoms with van der Waals surface area (Å²) in [5.41, 5.74) is 6.77. The molecule has 1 aromatic heterocycles. The lowest BCUT2D eigenvalue weighted by Crippen LogP contribution is -2.02. The molecule has 0 bridgehead atoms. The second-order valence-corrected chi connectivity index (χ2v) is 4.77. The van der Waals surface area contributed by atoms with Crippen molar-refractivity contribution in [3.05, 3.63) is 18.0 Å². The summed E-state index contributed by atoms with van der Waals surface area (Å²) in [5, 5.41) is 4.34. The Balaban J connectivity index is 2.01. The number of rotatable bonds is 10. The Hall–Kier alpha value is -0.830. The molecule has 3 heteroatoms. The van der Waals surface area contributed by atoms with Gasteiger partial charge in [-0.2, -0.15) is 5.10 Å².